The zero-order chi connectivity index (χ0) is 6.91. The highest BCUT2D eigenvalue weighted by molar-refractivity contribution is 5.59. The van der Waals surface area contributed by atoms with E-state index in [4.69, 9.17) is 0 Å². The minimum atomic E-state index is 0.220. The van der Waals surface area contributed by atoms with Crippen molar-refractivity contribution in [2.45, 2.75) is 39.2 Å². The summed E-state index contributed by atoms with van der Waals surface area (Å²) in [5.74, 6) is 0.831. The predicted octanol–water partition coefficient (Wildman–Crippen LogP) is 2.27. The predicted molar refractivity (Wildman–Crippen MR) is 41.0 cm³/mol. The van der Waals surface area contributed by atoms with Crippen molar-refractivity contribution in [2.24, 2.45) is 10.9 Å². The fraction of sp³-hybridized carbons (Fsp3) is 0.875. The van der Waals surface area contributed by atoms with Crippen LogP contribution >= 0.6 is 0 Å². The smallest absolute Gasteiger partial charge is 0.0550 e. The summed E-state index contributed by atoms with van der Waals surface area (Å²) >= 11 is 0. The van der Waals surface area contributed by atoms with Crippen LogP contribution in [0.1, 0.15) is 33.6 Å². The van der Waals surface area contributed by atoms with E-state index >= 15 is 0 Å². The number of aliphatic imine (C=N–C) groups is 1. The number of hydrogen-bond acceptors (Lipinski definition) is 1. The van der Waals surface area contributed by atoms with Gasteiger partial charge in [0, 0.05) is 0 Å². The second-order valence-corrected chi connectivity index (χ2v) is 3.67. The Labute approximate surface area is 57.2 Å². The summed E-state index contributed by atoms with van der Waals surface area (Å²) in [6.45, 7) is 6.67. The molecule has 0 radical (unpaired) electrons. The SMILES string of the molecule is CC1CC=NC(C)(C)C1. The van der Waals surface area contributed by atoms with Gasteiger partial charge in [0.05, 0.1) is 5.54 Å². The molecule has 1 heteroatoms. The van der Waals surface area contributed by atoms with Gasteiger partial charge in [-0.25, -0.2) is 0 Å². The minimum absolute atomic E-state index is 0.220. The van der Waals surface area contributed by atoms with Crippen LogP contribution in [0.15, 0.2) is 4.99 Å². The summed E-state index contributed by atoms with van der Waals surface area (Å²) in [4.78, 5) is 4.39. The van der Waals surface area contributed by atoms with Crippen molar-refractivity contribution >= 4 is 6.21 Å². The molecule has 1 unspecified atom stereocenters. The maximum atomic E-state index is 4.39. The van der Waals surface area contributed by atoms with Crippen molar-refractivity contribution < 1.29 is 0 Å². The molecule has 1 aliphatic heterocycles. The molecule has 1 rings (SSSR count). The lowest BCUT2D eigenvalue weighted by atomic mass is 9.88. The Morgan fingerprint density at radius 1 is 1.56 bits per heavy atom. The third-order valence-electron chi connectivity index (χ3n) is 1.80. The topological polar surface area (TPSA) is 12.4 Å². The van der Waals surface area contributed by atoms with Crippen molar-refractivity contribution in [2.75, 3.05) is 0 Å². The molecule has 0 N–H and O–H groups in total. The van der Waals surface area contributed by atoms with Crippen molar-refractivity contribution in [3.8, 4) is 0 Å². The highest BCUT2D eigenvalue weighted by atomic mass is 14.8. The fourth-order valence-corrected chi connectivity index (χ4v) is 1.47. The molecule has 52 valence electrons. The lowest BCUT2D eigenvalue weighted by Crippen LogP contribution is -2.24. The maximum Gasteiger partial charge on any atom is 0.0550 e. The van der Waals surface area contributed by atoms with Gasteiger partial charge in [-0.05, 0) is 38.8 Å². The molecule has 0 fully saturated rings. The molecule has 0 aliphatic carbocycles. The molecule has 1 atom stereocenters. The normalized spacial score (nSPS) is 32.6. The first-order valence-electron chi connectivity index (χ1n) is 3.64. The second kappa shape index (κ2) is 2.13. The van der Waals surface area contributed by atoms with Gasteiger partial charge in [-0.2, -0.15) is 0 Å². The third-order valence-corrected chi connectivity index (χ3v) is 1.80. The van der Waals surface area contributed by atoms with E-state index in [0.717, 1.165) is 5.92 Å². The van der Waals surface area contributed by atoms with Crippen molar-refractivity contribution in [1.29, 1.82) is 0 Å². The standard InChI is InChI=1S/C8H15N/c1-7-4-5-9-8(2,3)6-7/h5,7H,4,6H2,1-3H3. The quantitative estimate of drug-likeness (QED) is 0.471. The van der Waals surface area contributed by atoms with Gasteiger partial charge in [0.25, 0.3) is 0 Å². The van der Waals surface area contributed by atoms with Crippen molar-refractivity contribution in [3.05, 3.63) is 0 Å². The number of hydrogen-bond donors (Lipinski definition) is 0. The van der Waals surface area contributed by atoms with Gasteiger partial charge in [0.2, 0.25) is 0 Å². The zero-order valence-corrected chi connectivity index (χ0v) is 6.52. The molecule has 0 saturated carbocycles. The average molecular weight is 125 g/mol. The van der Waals surface area contributed by atoms with Crippen LogP contribution in [0.2, 0.25) is 0 Å². The second-order valence-electron chi connectivity index (χ2n) is 3.67. The Kier molecular flexibility index (Phi) is 1.60. The van der Waals surface area contributed by atoms with Crippen LogP contribution in [0.4, 0.5) is 0 Å². The van der Waals surface area contributed by atoms with Gasteiger partial charge < -0.3 is 0 Å². The van der Waals surface area contributed by atoms with E-state index in [0.29, 0.717) is 0 Å². The van der Waals surface area contributed by atoms with E-state index in [9.17, 15) is 0 Å². The van der Waals surface area contributed by atoms with Crippen LogP contribution in [0, 0.1) is 5.92 Å². The van der Waals surface area contributed by atoms with Gasteiger partial charge in [-0.15, -0.1) is 0 Å². The number of nitrogens with zero attached hydrogens (tertiary/aromatic N) is 1. The van der Waals surface area contributed by atoms with Crippen LogP contribution in [0.3, 0.4) is 0 Å². The molecule has 0 aromatic heterocycles. The molecule has 9 heavy (non-hydrogen) atoms. The first-order chi connectivity index (χ1) is 4.10. The van der Waals surface area contributed by atoms with E-state index in [1.54, 1.807) is 0 Å². The van der Waals surface area contributed by atoms with Gasteiger partial charge in [-0.3, -0.25) is 4.99 Å². The Morgan fingerprint density at radius 3 is 2.56 bits per heavy atom. The molecule has 0 amide bonds. The number of rotatable bonds is 0. The molecule has 0 aromatic rings. The monoisotopic (exact) mass is 125 g/mol. The van der Waals surface area contributed by atoms with Gasteiger partial charge in [0.15, 0.2) is 0 Å². The van der Waals surface area contributed by atoms with Gasteiger partial charge >= 0.3 is 0 Å². The Balaban J connectivity index is 2.60. The van der Waals surface area contributed by atoms with Crippen LogP contribution in [-0.4, -0.2) is 11.8 Å². The largest absolute Gasteiger partial charge is 0.291 e. The van der Waals surface area contributed by atoms with Gasteiger partial charge in [0.1, 0.15) is 0 Å². The van der Waals surface area contributed by atoms with E-state index in [2.05, 4.69) is 32.0 Å². The average Bonchev–Trinajstić information content (AvgIpc) is 1.60. The molecule has 0 bridgehead atoms. The van der Waals surface area contributed by atoms with Crippen LogP contribution in [0.5, 0.6) is 0 Å². The van der Waals surface area contributed by atoms with Gasteiger partial charge in [-0.1, -0.05) is 6.92 Å². The molecular formula is C8H15N. The van der Waals surface area contributed by atoms with Crippen LogP contribution in [0.25, 0.3) is 0 Å². The Morgan fingerprint density at radius 2 is 2.22 bits per heavy atom. The summed E-state index contributed by atoms with van der Waals surface area (Å²) in [6, 6.07) is 0. The first kappa shape index (κ1) is 6.79. The highest BCUT2D eigenvalue weighted by Gasteiger charge is 2.21. The highest BCUT2D eigenvalue weighted by Crippen LogP contribution is 2.25. The van der Waals surface area contributed by atoms with Crippen LogP contribution in [-0.2, 0) is 0 Å². The molecule has 0 spiro atoms. The summed E-state index contributed by atoms with van der Waals surface area (Å²) < 4.78 is 0. The summed E-state index contributed by atoms with van der Waals surface area (Å²) in [7, 11) is 0. The minimum Gasteiger partial charge on any atom is -0.291 e. The Hall–Kier alpha value is -0.330. The maximum absolute atomic E-state index is 4.39. The zero-order valence-electron chi connectivity index (χ0n) is 6.52. The molecule has 0 aromatic carbocycles. The lowest BCUT2D eigenvalue weighted by Gasteiger charge is -2.27. The molecular weight excluding hydrogens is 110 g/mol. The van der Waals surface area contributed by atoms with E-state index in [1.807, 2.05) is 0 Å². The summed E-state index contributed by atoms with van der Waals surface area (Å²) in [6.07, 6.45) is 4.47. The summed E-state index contributed by atoms with van der Waals surface area (Å²) in [5.41, 5.74) is 0.220. The lowest BCUT2D eigenvalue weighted by molar-refractivity contribution is 0.373. The molecule has 1 heterocycles. The Bertz CT molecular complexity index is 125. The van der Waals surface area contributed by atoms with E-state index < -0.39 is 0 Å². The van der Waals surface area contributed by atoms with Crippen LogP contribution < -0.4 is 0 Å². The first-order valence-corrected chi connectivity index (χ1v) is 3.64. The van der Waals surface area contributed by atoms with Crippen molar-refractivity contribution in [1.82, 2.24) is 0 Å². The molecule has 1 nitrogen and oxygen atoms in total. The molecule has 0 saturated heterocycles. The van der Waals surface area contributed by atoms with E-state index in [-0.39, 0.29) is 5.54 Å². The molecule has 1 aliphatic rings. The fourth-order valence-electron chi connectivity index (χ4n) is 1.47. The van der Waals surface area contributed by atoms with E-state index in [1.165, 1.54) is 12.8 Å². The summed E-state index contributed by atoms with van der Waals surface area (Å²) in [5, 5.41) is 0. The van der Waals surface area contributed by atoms with Crippen molar-refractivity contribution in [3.63, 3.8) is 0 Å². The third kappa shape index (κ3) is 1.81.